The van der Waals surface area contributed by atoms with E-state index in [4.69, 9.17) is 4.74 Å². The summed E-state index contributed by atoms with van der Waals surface area (Å²) in [6, 6.07) is 6.52. The Balaban J connectivity index is 2.22. The Bertz CT molecular complexity index is 1190. The molecule has 126 valence electrons. The minimum absolute atomic E-state index is 0.0184. The monoisotopic (exact) mass is 340 g/mol. The van der Waals surface area contributed by atoms with Crippen molar-refractivity contribution < 1.29 is 34.7 Å². The Morgan fingerprint density at radius 1 is 0.800 bits per heavy atom. The maximum absolute atomic E-state index is 10.3. The second-order valence-corrected chi connectivity index (χ2v) is 5.68. The van der Waals surface area contributed by atoms with Crippen molar-refractivity contribution in [2.75, 3.05) is 7.11 Å². The van der Waals surface area contributed by atoms with Gasteiger partial charge in [-0.2, -0.15) is 4.40 Å². The highest BCUT2D eigenvalue weighted by Gasteiger charge is 2.24. The topological polar surface area (TPSA) is 114 Å². The van der Waals surface area contributed by atoms with Gasteiger partial charge in [0.15, 0.2) is 35.4 Å². The Kier molecular flexibility index (Phi) is 2.95. The van der Waals surface area contributed by atoms with Crippen LogP contribution in [0, 0.1) is 0 Å². The predicted octanol–water partition coefficient (Wildman–Crippen LogP) is 2.27. The van der Waals surface area contributed by atoms with Crippen LogP contribution in [0.4, 0.5) is 0 Å². The van der Waals surface area contributed by atoms with Crippen molar-refractivity contribution in [2.24, 2.45) is 0 Å². The summed E-state index contributed by atoms with van der Waals surface area (Å²) >= 11 is 0. The molecule has 0 aliphatic carbocycles. The van der Waals surface area contributed by atoms with Gasteiger partial charge in [0.05, 0.1) is 12.5 Å². The molecule has 4 rings (SSSR count). The van der Waals surface area contributed by atoms with Crippen LogP contribution < -0.4 is 9.14 Å². The smallest absolute Gasteiger partial charge is 0.223 e. The highest BCUT2D eigenvalue weighted by atomic mass is 16.5. The van der Waals surface area contributed by atoms with Crippen LogP contribution >= 0.6 is 0 Å². The first kappa shape index (κ1) is 14.9. The number of rotatable bonds is 1. The molecule has 0 atom stereocenters. The zero-order chi connectivity index (χ0) is 17.9. The van der Waals surface area contributed by atoms with E-state index in [1.807, 2.05) is 0 Å². The van der Waals surface area contributed by atoms with Gasteiger partial charge in [0.1, 0.15) is 5.39 Å². The van der Waals surface area contributed by atoms with E-state index in [0.717, 1.165) is 0 Å². The van der Waals surface area contributed by atoms with E-state index in [1.54, 1.807) is 35.0 Å². The van der Waals surface area contributed by atoms with Gasteiger partial charge in [0.2, 0.25) is 17.0 Å². The number of hydrogen-bond donors (Lipinski definition) is 5. The van der Waals surface area contributed by atoms with Gasteiger partial charge in [-0.3, -0.25) is 0 Å². The fourth-order valence-corrected chi connectivity index (χ4v) is 3.08. The van der Waals surface area contributed by atoms with Crippen molar-refractivity contribution in [1.29, 1.82) is 0 Å². The number of phenols is 5. The van der Waals surface area contributed by atoms with Crippen LogP contribution in [0.2, 0.25) is 0 Å². The quantitative estimate of drug-likeness (QED) is 0.119. The van der Waals surface area contributed by atoms with Crippen LogP contribution in [0.1, 0.15) is 0 Å². The molecule has 0 radical (unpaired) electrons. The molecule has 7 heteroatoms. The molecular weight excluding hydrogens is 326 g/mol. The highest BCUT2D eigenvalue weighted by molar-refractivity contribution is 6.07. The Labute approximate surface area is 140 Å². The van der Waals surface area contributed by atoms with Crippen molar-refractivity contribution >= 4 is 27.1 Å². The van der Waals surface area contributed by atoms with Gasteiger partial charge in [-0.05, 0) is 17.5 Å². The lowest BCUT2D eigenvalue weighted by Gasteiger charge is -2.09. The maximum Gasteiger partial charge on any atom is 0.223 e. The molecule has 0 aliphatic heterocycles. The summed E-state index contributed by atoms with van der Waals surface area (Å²) in [5, 5.41) is 51.7. The average molecular weight is 340 g/mol. The molecular formula is C18H14NO6+. The molecule has 25 heavy (non-hydrogen) atoms. The van der Waals surface area contributed by atoms with Crippen LogP contribution in [-0.2, 0) is 0 Å². The van der Waals surface area contributed by atoms with E-state index in [-0.39, 0.29) is 16.5 Å². The van der Waals surface area contributed by atoms with Crippen LogP contribution in [0.15, 0.2) is 36.7 Å². The van der Waals surface area contributed by atoms with Crippen LogP contribution in [0.25, 0.3) is 27.1 Å². The molecule has 2 heterocycles. The minimum Gasteiger partial charge on any atom is -0.504 e. The molecule has 0 spiro atoms. The first-order valence-electron chi connectivity index (χ1n) is 7.37. The third-order valence-corrected chi connectivity index (χ3v) is 4.36. The first-order chi connectivity index (χ1) is 11.9. The summed E-state index contributed by atoms with van der Waals surface area (Å²) in [6.07, 6.45) is 3.24. The summed E-state index contributed by atoms with van der Waals surface area (Å²) in [7, 11) is 1.46. The average Bonchev–Trinajstić information content (AvgIpc) is 2.63. The highest BCUT2D eigenvalue weighted by Crippen LogP contribution is 2.49. The Morgan fingerprint density at radius 2 is 1.52 bits per heavy atom. The molecule has 7 nitrogen and oxygen atoms in total. The number of fused-ring (bicyclic) bond motifs is 4. The van der Waals surface area contributed by atoms with Crippen LogP contribution in [0.5, 0.6) is 34.5 Å². The molecule has 0 fully saturated rings. The molecule has 5 N–H and O–H groups in total. The first-order valence-corrected chi connectivity index (χ1v) is 7.37. The van der Waals surface area contributed by atoms with Gasteiger partial charge in [-0.15, -0.1) is 0 Å². The van der Waals surface area contributed by atoms with Gasteiger partial charge < -0.3 is 30.3 Å². The van der Waals surface area contributed by atoms with Crippen molar-refractivity contribution in [3.8, 4) is 34.5 Å². The number of benzene rings is 2. The second-order valence-electron chi connectivity index (χ2n) is 5.68. The summed E-state index contributed by atoms with van der Waals surface area (Å²) in [5.41, 5.74) is 0.470. The lowest BCUT2D eigenvalue weighted by Crippen LogP contribution is -2.20. The fraction of sp³-hybridized carbons (Fsp3) is 0.0556. The SMILES string of the molecule is COc1ccc2cc3c4c(O)c(O)c(O)c(O)c4cc[n+]3cc2c1O. The van der Waals surface area contributed by atoms with Gasteiger partial charge >= 0.3 is 0 Å². The van der Waals surface area contributed by atoms with Crippen molar-refractivity contribution in [3.63, 3.8) is 0 Å². The molecule has 0 saturated carbocycles. The Hall–Kier alpha value is -3.61. The number of aromatic nitrogens is 1. The molecule has 0 aliphatic rings. The van der Waals surface area contributed by atoms with E-state index < -0.39 is 23.0 Å². The normalized spacial score (nSPS) is 11.4. The molecule has 0 bridgehead atoms. The number of pyridine rings is 2. The van der Waals surface area contributed by atoms with Crippen LogP contribution in [-0.4, -0.2) is 32.6 Å². The van der Waals surface area contributed by atoms with Crippen molar-refractivity contribution in [3.05, 3.63) is 36.7 Å². The molecule has 0 amide bonds. The van der Waals surface area contributed by atoms with Crippen molar-refractivity contribution in [2.45, 2.75) is 0 Å². The molecule has 2 aromatic heterocycles. The van der Waals surface area contributed by atoms with Gasteiger partial charge in [-0.25, -0.2) is 0 Å². The van der Waals surface area contributed by atoms with E-state index in [2.05, 4.69) is 0 Å². The predicted molar refractivity (Wildman–Crippen MR) is 89.5 cm³/mol. The summed E-state index contributed by atoms with van der Waals surface area (Å²) in [5.74, 6) is -2.33. The minimum atomic E-state index is -0.796. The third kappa shape index (κ3) is 1.89. The van der Waals surface area contributed by atoms with E-state index in [9.17, 15) is 25.5 Å². The van der Waals surface area contributed by atoms with E-state index in [1.165, 1.54) is 13.2 Å². The third-order valence-electron chi connectivity index (χ3n) is 4.36. The van der Waals surface area contributed by atoms with Crippen LogP contribution in [0.3, 0.4) is 0 Å². The lowest BCUT2D eigenvalue weighted by atomic mass is 10.0. The van der Waals surface area contributed by atoms with Gasteiger partial charge in [0, 0.05) is 17.5 Å². The van der Waals surface area contributed by atoms with Gasteiger partial charge in [0.25, 0.3) is 0 Å². The Morgan fingerprint density at radius 3 is 2.24 bits per heavy atom. The van der Waals surface area contributed by atoms with E-state index >= 15 is 0 Å². The van der Waals surface area contributed by atoms with E-state index in [0.29, 0.717) is 22.0 Å². The molecule has 0 unspecified atom stereocenters. The number of aromatic hydroxyl groups is 5. The number of nitrogens with zero attached hydrogens (tertiary/aromatic N) is 1. The standard InChI is InChI=1S/C18H13NO6/c1-25-12-3-2-8-6-11-13-9(15(21)17(23)18(24)16(13)22)4-5-19(11)7-10(8)14(12)20/h2-7H,1H3,(H4,20,21,22,23,24)/p+1. The second kappa shape index (κ2) is 4.94. The fourth-order valence-electron chi connectivity index (χ4n) is 3.08. The number of phenolic OH excluding ortho intramolecular Hbond substituents is 5. The summed E-state index contributed by atoms with van der Waals surface area (Å²) in [4.78, 5) is 0. The zero-order valence-electron chi connectivity index (χ0n) is 13.1. The summed E-state index contributed by atoms with van der Waals surface area (Å²) < 4.78 is 6.73. The molecule has 4 aromatic rings. The number of hydrogen-bond acceptors (Lipinski definition) is 6. The molecule has 2 aromatic carbocycles. The number of methoxy groups -OCH3 is 1. The largest absolute Gasteiger partial charge is 0.504 e. The zero-order valence-corrected chi connectivity index (χ0v) is 13.1. The summed E-state index contributed by atoms with van der Waals surface area (Å²) in [6.45, 7) is 0. The number of ether oxygens (including phenoxy) is 1. The van der Waals surface area contributed by atoms with Crippen molar-refractivity contribution in [1.82, 2.24) is 0 Å². The van der Waals surface area contributed by atoms with Gasteiger partial charge in [-0.1, -0.05) is 0 Å². The molecule has 0 saturated heterocycles. The maximum atomic E-state index is 10.3. The lowest BCUT2D eigenvalue weighted by molar-refractivity contribution is -0.509.